The van der Waals surface area contributed by atoms with Gasteiger partial charge in [0.2, 0.25) is 0 Å². The first-order valence-electron chi connectivity index (χ1n) is 3.86. The number of halogens is 4. The van der Waals surface area contributed by atoms with Gasteiger partial charge in [0.05, 0.1) is 12.0 Å². The molecule has 0 amide bonds. The van der Waals surface area contributed by atoms with Crippen molar-refractivity contribution in [2.24, 2.45) is 10.8 Å². The van der Waals surface area contributed by atoms with E-state index in [0.29, 0.717) is 6.54 Å². The fourth-order valence-corrected chi connectivity index (χ4v) is 2.29. The second-order valence-corrected chi connectivity index (χ2v) is 3.80. The number of hydrogen-bond acceptors (Lipinski definition) is 2. The molecule has 1 saturated carbocycles. The Hall–Kier alpha value is -0.0000000000000000555. The first kappa shape index (κ1) is 11.1. The zero-order valence-corrected chi connectivity index (χ0v) is 7.63. The van der Waals surface area contributed by atoms with E-state index in [-0.39, 0.29) is 32.0 Å². The first-order valence-corrected chi connectivity index (χ1v) is 3.86. The Balaban J connectivity index is 0.000000845. The topological polar surface area (TPSA) is 32.3 Å². The molecule has 2 aliphatic rings. The van der Waals surface area contributed by atoms with Crippen molar-refractivity contribution < 1.29 is 18.3 Å². The number of aliphatic hydroxyl groups is 1. The van der Waals surface area contributed by atoms with E-state index in [4.69, 9.17) is 5.11 Å². The molecule has 1 saturated heterocycles. The Morgan fingerprint density at radius 3 is 2.23 bits per heavy atom. The molecule has 0 unspecified atom stereocenters. The standard InChI is InChI=1S/C7H10F3NO.ClH/c8-7(9,10)6-1-5(6,4-12)2-11-3-6;/h11-12H,1-4H2;1H/t5-,6-;/m1./s1. The highest BCUT2D eigenvalue weighted by atomic mass is 35.5. The van der Waals surface area contributed by atoms with Gasteiger partial charge < -0.3 is 10.4 Å². The van der Waals surface area contributed by atoms with Gasteiger partial charge in [-0.1, -0.05) is 0 Å². The predicted octanol–water partition coefficient (Wildman–Crippen LogP) is 0.943. The van der Waals surface area contributed by atoms with Gasteiger partial charge in [0.1, 0.15) is 0 Å². The van der Waals surface area contributed by atoms with Crippen LogP contribution in [0.2, 0.25) is 0 Å². The van der Waals surface area contributed by atoms with E-state index >= 15 is 0 Å². The molecule has 6 heteroatoms. The van der Waals surface area contributed by atoms with E-state index in [0.717, 1.165) is 0 Å². The third-order valence-corrected chi connectivity index (χ3v) is 3.27. The van der Waals surface area contributed by atoms with Gasteiger partial charge in [-0.05, 0) is 6.42 Å². The number of alkyl halides is 3. The molecule has 78 valence electrons. The molecule has 13 heavy (non-hydrogen) atoms. The highest BCUT2D eigenvalue weighted by Gasteiger charge is 2.81. The molecular formula is C7H11ClF3NO. The van der Waals surface area contributed by atoms with Crippen molar-refractivity contribution in [3.63, 3.8) is 0 Å². The quantitative estimate of drug-likeness (QED) is 0.685. The Labute approximate surface area is 79.9 Å². The minimum Gasteiger partial charge on any atom is -0.396 e. The summed E-state index contributed by atoms with van der Waals surface area (Å²) in [4.78, 5) is 0. The van der Waals surface area contributed by atoms with Gasteiger partial charge in [-0.15, -0.1) is 12.4 Å². The summed E-state index contributed by atoms with van der Waals surface area (Å²) in [5, 5.41) is 11.5. The van der Waals surface area contributed by atoms with Gasteiger partial charge in [-0.3, -0.25) is 0 Å². The van der Waals surface area contributed by atoms with Crippen LogP contribution in [0, 0.1) is 10.8 Å². The lowest BCUT2D eigenvalue weighted by Gasteiger charge is -2.18. The van der Waals surface area contributed by atoms with Crippen molar-refractivity contribution >= 4 is 12.4 Å². The minimum absolute atomic E-state index is 0. The maximum absolute atomic E-state index is 12.5. The molecule has 0 spiro atoms. The summed E-state index contributed by atoms with van der Waals surface area (Å²) in [6.45, 7) is -0.0976. The van der Waals surface area contributed by atoms with Crippen LogP contribution in [0.5, 0.6) is 0 Å². The van der Waals surface area contributed by atoms with Crippen molar-refractivity contribution in [3.8, 4) is 0 Å². The third-order valence-electron chi connectivity index (χ3n) is 3.27. The fraction of sp³-hybridized carbons (Fsp3) is 1.00. The van der Waals surface area contributed by atoms with Gasteiger partial charge in [0.25, 0.3) is 0 Å². The van der Waals surface area contributed by atoms with Crippen LogP contribution in [0.3, 0.4) is 0 Å². The van der Waals surface area contributed by atoms with Crippen molar-refractivity contribution in [1.82, 2.24) is 5.32 Å². The number of piperidine rings is 1. The van der Waals surface area contributed by atoms with Crippen molar-refractivity contribution in [3.05, 3.63) is 0 Å². The fourth-order valence-electron chi connectivity index (χ4n) is 2.29. The first-order chi connectivity index (χ1) is 5.47. The van der Waals surface area contributed by atoms with E-state index in [1.54, 1.807) is 0 Å². The maximum atomic E-state index is 12.5. The van der Waals surface area contributed by atoms with Crippen LogP contribution in [0.4, 0.5) is 13.2 Å². The molecule has 2 fully saturated rings. The van der Waals surface area contributed by atoms with Crippen LogP contribution >= 0.6 is 12.4 Å². The molecule has 0 aromatic heterocycles. The Morgan fingerprint density at radius 2 is 1.92 bits per heavy atom. The van der Waals surface area contributed by atoms with E-state index < -0.39 is 17.0 Å². The third kappa shape index (κ3) is 1.10. The van der Waals surface area contributed by atoms with Gasteiger partial charge in [0, 0.05) is 18.5 Å². The summed E-state index contributed by atoms with van der Waals surface area (Å²) in [5.74, 6) is 0. The molecule has 1 heterocycles. The summed E-state index contributed by atoms with van der Waals surface area (Å²) < 4.78 is 37.4. The van der Waals surface area contributed by atoms with E-state index in [2.05, 4.69) is 5.32 Å². The molecule has 1 aliphatic heterocycles. The highest BCUT2D eigenvalue weighted by molar-refractivity contribution is 5.85. The molecule has 0 bridgehead atoms. The molecule has 0 aromatic rings. The monoisotopic (exact) mass is 217 g/mol. The number of hydrogen-bond donors (Lipinski definition) is 2. The largest absolute Gasteiger partial charge is 0.396 e. The number of aliphatic hydroxyl groups excluding tert-OH is 1. The lowest BCUT2D eigenvalue weighted by molar-refractivity contribution is -0.192. The van der Waals surface area contributed by atoms with Crippen molar-refractivity contribution in [2.75, 3.05) is 19.7 Å². The zero-order valence-electron chi connectivity index (χ0n) is 6.82. The van der Waals surface area contributed by atoms with Crippen molar-refractivity contribution in [2.45, 2.75) is 12.6 Å². The molecular weight excluding hydrogens is 207 g/mol. The second kappa shape index (κ2) is 2.74. The predicted molar refractivity (Wildman–Crippen MR) is 42.7 cm³/mol. The van der Waals surface area contributed by atoms with Gasteiger partial charge in [0.15, 0.2) is 0 Å². The lowest BCUT2D eigenvalue weighted by atomic mass is 9.97. The van der Waals surface area contributed by atoms with Crippen molar-refractivity contribution in [1.29, 1.82) is 0 Å². The Morgan fingerprint density at radius 1 is 1.31 bits per heavy atom. The summed E-state index contributed by atoms with van der Waals surface area (Å²) in [5.41, 5.74) is -2.51. The van der Waals surface area contributed by atoms with Gasteiger partial charge >= 0.3 is 6.18 Å². The normalized spacial score (nSPS) is 42.5. The Kier molecular flexibility index (Phi) is 2.34. The van der Waals surface area contributed by atoms with Crippen LogP contribution in [-0.4, -0.2) is 31.0 Å². The van der Waals surface area contributed by atoms with Gasteiger partial charge in [-0.25, -0.2) is 0 Å². The second-order valence-electron chi connectivity index (χ2n) is 3.80. The van der Waals surface area contributed by atoms with E-state index in [1.807, 2.05) is 0 Å². The minimum atomic E-state index is -4.17. The molecule has 0 radical (unpaired) electrons. The van der Waals surface area contributed by atoms with Crippen LogP contribution in [0.25, 0.3) is 0 Å². The van der Waals surface area contributed by atoms with Gasteiger partial charge in [-0.2, -0.15) is 13.2 Å². The highest BCUT2D eigenvalue weighted by Crippen LogP contribution is 2.72. The Bertz CT molecular complexity index is 222. The summed E-state index contributed by atoms with van der Waals surface area (Å²) in [6, 6.07) is 0. The van der Waals surface area contributed by atoms with E-state index in [9.17, 15) is 13.2 Å². The molecule has 0 aromatic carbocycles. The summed E-state index contributed by atoms with van der Waals surface area (Å²) in [6.07, 6.45) is -4.08. The number of fused-ring (bicyclic) bond motifs is 1. The number of rotatable bonds is 1. The molecule has 2 atom stereocenters. The molecule has 2 N–H and O–H groups in total. The van der Waals surface area contributed by atoms with Crippen LogP contribution in [0.15, 0.2) is 0 Å². The maximum Gasteiger partial charge on any atom is 0.396 e. The van der Waals surface area contributed by atoms with Crippen LogP contribution < -0.4 is 5.32 Å². The smallest absolute Gasteiger partial charge is 0.396 e. The molecule has 1 aliphatic carbocycles. The zero-order chi connectivity index (χ0) is 9.04. The summed E-state index contributed by atoms with van der Waals surface area (Å²) >= 11 is 0. The SMILES string of the molecule is Cl.OC[C@@]12CNC[C@]1(C(F)(F)F)C2. The lowest BCUT2D eigenvalue weighted by Crippen LogP contribution is -2.32. The number of nitrogens with one attached hydrogen (secondary N) is 1. The van der Waals surface area contributed by atoms with Crippen LogP contribution in [-0.2, 0) is 0 Å². The average molecular weight is 218 g/mol. The van der Waals surface area contributed by atoms with Crippen LogP contribution in [0.1, 0.15) is 6.42 Å². The van der Waals surface area contributed by atoms with E-state index in [1.165, 1.54) is 0 Å². The summed E-state index contributed by atoms with van der Waals surface area (Å²) in [7, 11) is 0. The molecule has 2 nitrogen and oxygen atoms in total. The average Bonchev–Trinajstić information content (AvgIpc) is 2.51. The molecule has 2 rings (SSSR count).